The molecule has 1 aliphatic heterocycles. The van der Waals surface area contributed by atoms with Gasteiger partial charge in [0.2, 0.25) is 0 Å². The lowest BCUT2D eigenvalue weighted by Crippen LogP contribution is -2.34. The van der Waals surface area contributed by atoms with Gasteiger partial charge in [-0.3, -0.25) is 4.79 Å². The number of Topliss-reactive ketones (excluding diaryl/α,β-unsaturated/α-hetero) is 1. The fourth-order valence-electron chi connectivity index (χ4n) is 1.97. The zero-order chi connectivity index (χ0) is 11.1. The Hall–Kier alpha value is -0.410. The van der Waals surface area contributed by atoms with Crippen molar-refractivity contribution < 1.29 is 4.79 Å². The highest BCUT2D eigenvalue weighted by molar-refractivity contribution is 5.79. The molecule has 1 heterocycles. The van der Waals surface area contributed by atoms with Gasteiger partial charge in [-0.15, -0.1) is 0 Å². The maximum absolute atomic E-state index is 11.0. The van der Waals surface area contributed by atoms with E-state index in [1.54, 1.807) is 0 Å². The molecule has 1 rings (SSSR count). The summed E-state index contributed by atoms with van der Waals surface area (Å²) in [5, 5.41) is 0. The van der Waals surface area contributed by atoms with Crippen LogP contribution in [0.25, 0.3) is 0 Å². The van der Waals surface area contributed by atoms with Crippen molar-refractivity contribution in [3.8, 4) is 0 Å². The Kier molecular flexibility index (Phi) is 5.88. The van der Waals surface area contributed by atoms with Crippen LogP contribution in [0.4, 0.5) is 0 Å². The molecule has 0 amide bonds. The summed E-state index contributed by atoms with van der Waals surface area (Å²) >= 11 is 0. The summed E-state index contributed by atoms with van der Waals surface area (Å²) in [4.78, 5) is 15.7. The monoisotopic (exact) mass is 212 g/mol. The smallest absolute Gasteiger partial charge is 0.135 e. The molecule has 0 aromatic rings. The summed E-state index contributed by atoms with van der Waals surface area (Å²) in [6, 6.07) is 0. The quantitative estimate of drug-likeness (QED) is 0.622. The third-order valence-electron chi connectivity index (χ3n) is 2.99. The molecule has 0 unspecified atom stereocenters. The minimum Gasteiger partial charge on any atom is -0.309 e. The van der Waals surface area contributed by atoms with E-state index in [2.05, 4.69) is 23.9 Å². The van der Waals surface area contributed by atoms with Crippen molar-refractivity contribution >= 4 is 5.78 Å². The van der Waals surface area contributed by atoms with Gasteiger partial charge in [0, 0.05) is 25.9 Å². The second-order valence-corrected chi connectivity index (χ2v) is 4.74. The highest BCUT2D eigenvalue weighted by Gasteiger charge is 2.14. The van der Waals surface area contributed by atoms with Gasteiger partial charge >= 0.3 is 0 Å². The van der Waals surface area contributed by atoms with Crippen LogP contribution in [0.2, 0.25) is 0 Å². The predicted molar refractivity (Wildman–Crippen MR) is 63.1 cm³/mol. The fraction of sp³-hybridized carbons (Fsp3) is 0.917. The number of ketones is 1. The average molecular weight is 212 g/mol. The summed E-state index contributed by atoms with van der Waals surface area (Å²) in [7, 11) is 4.24. The molecule has 1 fully saturated rings. The molecule has 1 aliphatic rings. The van der Waals surface area contributed by atoms with E-state index in [9.17, 15) is 4.79 Å². The largest absolute Gasteiger partial charge is 0.309 e. The lowest BCUT2D eigenvalue weighted by atomic mass is 10.1. The minimum atomic E-state index is 0.443. The fourth-order valence-corrected chi connectivity index (χ4v) is 1.97. The number of nitrogens with zero attached hydrogens (tertiary/aromatic N) is 2. The van der Waals surface area contributed by atoms with Gasteiger partial charge in [-0.25, -0.2) is 0 Å². The summed E-state index contributed by atoms with van der Waals surface area (Å²) in [5.41, 5.74) is 0. The lowest BCUT2D eigenvalue weighted by molar-refractivity contribution is -0.121. The number of carbonyl (C=O) groups excluding carboxylic acids is 1. The third kappa shape index (κ3) is 5.90. The van der Waals surface area contributed by atoms with Crippen LogP contribution in [-0.4, -0.2) is 55.9 Å². The van der Waals surface area contributed by atoms with Crippen LogP contribution >= 0.6 is 0 Å². The van der Waals surface area contributed by atoms with Gasteiger partial charge in [-0.05, 0) is 40.0 Å². The molecule has 0 radical (unpaired) electrons. The second-order valence-electron chi connectivity index (χ2n) is 4.74. The van der Waals surface area contributed by atoms with E-state index < -0.39 is 0 Å². The van der Waals surface area contributed by atoms with E-state index in [1.165, 1.54) is 32.4 Å². The van der Waals surface area contributed by atoms with E-state index in [-0.39, 0.29) is 0 Å². The van der Waals surface area contributed by atoms with Crippen LogP contribution in [0, 0.1) is 0 Å². The molecule has 0 bridgehead atoms. The molecule has 0 aromatic heterocycles. The first-order valence-electron chi connectivity index (χ1n) is 6.07. The van der Waals surface area contributed by atoms with Crippen LogP contribution < -0.4 is 0 Å². The molecule has 1 saturated heterocycles. The Morgan fingerprint density at radius 3 is 2.40 bits per heavy atom. The zero-order valence-electron chi connectivity index (χ0n) is 10.2. The molecule has 0 aliphatic carbocycles. The van der Waals surface area contributed by atoms with Crippen LogP contribution in [0.3, 0.4) is 0 Å². The van der Waals surface area contributed by atoms with Crippen LogP contribution in [0.15, 0.2) is 0 Å². The average Bonchev–Trinajstić information content (AvgIpc) is 2.20. The third-order valence-corrected chi connectivity index (χ3v) is 2.99. The van der Waals surface area contributed by atoms with E-state index in [0.29, 0.717) is 5.78 Å². The van der Waals surface area contributed by atoms with Crippen LogP contribution in [0.5, 0.6) is 0 Å². The molecule has 3 nitrogen and oxygen atoms in total. The number of rotatable bonds is 6. The van der Waals surface area contributed by atoms with Crippen molar-refractivity contribution in [1.29, 1.82) is 0 Å². The Balaban J connectivity index is 1.94. The molecule has 0 aromatic carbocycles. The zero-order valence-corrected chi connectivity index (χ0v) is 10.2. The standard InChI is InChI=1S/C12H24N2O/c1-13(2)8-4-3-5-9-14-10-6-12(15)7-11-14/h3-11H2,1-2H3. The molecular formula is C12H24N2O. The first kappa shape index (κ1) is 12.7. The highest BCUT2D eigenvalue weighted by atomic mass is 16.1. The number of hydrogen-bond acceptors (Lipinski definition) is 3. The van der Waals surface area contributed by atoms with Crippen molar-refractivity contribution in [3.63, 3.8) is 0 Å². The Labute approximate surface area is 93.4 Å². The predicted octanol–water partition coefficient (Wildman–Crippen LogP) is 1.38. The van der Waals surface area contributed by atoms with Gasteiger partial charge in [0.15, 0.2) is 0 Å². The molecule has 0 atom stereocenters. The minimum absolute atomic E-state index is 0.443. The van der Waals surface area contributed by atoms with E-state index >= 15 is 0 Å². The number of hydrogen-bond donors (Lipinski definition) is 0. The molecule has 3 heteroatoms. The molecule has 0 N–H and O–H groups in total. The Bertz CT molecular complexity index is 182. The molecular weight excluding hydrogens is 188 g/mol. The number of carbonyl (C=O) groups is 1. The summed E-state index contributed by atoms with van der Waals surface area (Å²) < 4.78 is 0. The van der Waals surface area contributed by atoms with E-state index in [4.69, 9.17) is 0 Å². The molecule has 15 heavy (non-hydrogen) atoms. The second kappa shape index (κ2) is 6.96. The first-order chi connectivity index (χ1) is 7.18. The molecule has 0 saturated carbocycles. The van der Waals surface area contributed by atoms with Gasteiger partial charge in [-0.2, -0.15) is 0 Å². The maximum Gasteiger partial charge on any atom is 0.135 e. The topological polar surface area (TPSA) is 23.6 Å². The maximum atomic E-state index is 11.0. The van der Waals surface area contributed by atoms with Crippen molar-refractivity contribution in [1.82, 2.24) is 9.80 Å². The van der Waals surface area contributed by atoms with Gasteiger partial charge in [0.1, 0.15) is 5.78 Å². The van der Waals surface area contributed by atoms with Gasteiger partial charge in [0.25, 0.3) is 0 Å². The van der Waals surface area contributed by atoms with Crippen molar-refractivity contribution in [2.24, 2.45) is 0 Å². The van der Waals surface area contributed by atoms with Crippen LogP contribution in [0.1, 0.15) is 32.1 Å². The van der Waals surface area contributed by atoms with E-state index in [1.807, 2.05) is 0 Å². The molecule has 0 spiro atoms. The first-order valence-corrected chi connectivity index (χ1v) is 6.07. The number of likely N-dealkylation sites (tertiary alicyclic amines) is 1. The van der Waals surface area contributed by atoms with Crippen molar-refractivity contribution in [2.75, 3.05) is 40.3 Å². The summed E-state index contributed by atoms with van der Waals surface area (Å²) in [5.74, 6) is 0.443. The Morgan fingerprint density at radius 2 is 1.80 bits per heavy atom. The lowest BCUT2D eigenvalue weighted by Gasteiger charge is -2.25. The van der Waals surface area contributed by atoms with Gasteiger partial charge in [0.05, 0.1) is 0 Å². The van der Waals surface area contributed by atoms with Gasteiger partial charge < -0.3 is 9.80 Å². The SMILES string of the molecule is CN(C)CCCCCN1CCC(=O)CC1. The highest BCUT2D eigenvalue weighted by Crippen LogP contribution is 2.07. The van der Waals surface area contributed by atoms with Crippen molar-refractivity contribution in [2.45, 2.75) is 32.1 Å². The normalized spacial score (nSPS) is 18.7. The number of unbranched alkanes of at least 4 members (excludes halogenated alkanes) is 2. The summed E-state index contributed by atoms with van der Waals surface area (Å²) in [6.45, 7) is 4.36. The molecule has 88 valence electrons. The van der Waals surface area contributed by atoms with E-state index in [0.717, 1.165) is 25.9 Å². The van der Waals surface area contributed by atoms with Crippen molar-refractivity contribution in [3.05, 3.63) is 0 Å². The van der Waals surface area contributed by atoms with Gasteiger partial charge in [-0.1, -0.05) is 6.42 Å². The Morgan fingerprint density at radius 1 is 1.13 bits per heavy atom. The summed E-state index contributed by atoms with van der Waals surface area (Å²) in [6.07, 6.45) is 5.43. The number of piperidine rings is 1. The van der Waals surface area contributed by atoms with Crippen LogP contribution in [-0.2, 0) is 4.79 Å².